The van der Waals surface area contributed by atoms with Gasteiger partial charge in [0.05, 0.1) is 5.69 Å². The summed E-state index contributed by atoms with van der Waals surface area (Å²) in [7, 11) is 0. The minimum Gasteiger partial charge on any atom is -0.307 e. The molecule has 1 aliphatic carbocycles. The molecule has 2 heteroatoms. The second-order valence-electron chi connectivity index (χ2n) is 5.32. The van der Waals surface area contributed by atoms with E-state index in [0.717, 1.165) is 19.5 Å². The van der Waals surface area contributed by atoms with Crippen LogP contribution in [0.1, 0.15) is 36.4 Å². The Bertz CT molecular complexity index is 359. The van der Waals surface area contributed by atoms with Gasteiger partial charge in [0.2, 0.25) is 0 Å². The Balaban J connectivity index is 2.08. The number of fused-ring (bicyclic) bond motifs is 2. The molecule has 1 aromatic heterocycles. The average Bonchev–Trinajstić information content (AvgIpc) is 2.59. The number of pyridine rings is 1. The predicted octanol–water partition coefficient (Wildman–Crippen LogP) is 1.81. The van der Waals surface area contributed by atoms with Crippen molar-refractivity contribution < 1.29 is 0 Å². The summed E-state index contributed by atoms with van der Waals surface area (Å²) >= 11 is 0. The molecule has 0 aromatic carbocycles. The molecule has 2 nitrogen and oxygen atoms in total. The molecule has 3 rings (SSSR count). The van der Waals surface area contributed by atoms with E-state index in [2.05, 4.69) is 25.2 Å². The third-order valence-corrected chi connectivity index (χ3v) is 3.28. The van der Waals surface area contributed by atoms with E-state index in [-0.39, 0.29) is 0 Å². The molecule has 1 aliphatic heterocycles. The number of nitrogens with one attached hydrogen (secondary N) is 1. The van der Waals surface area contributed by atoms with E-state index in [1.807, 2.05) is 0 Å². The fraction of sp³-hybridized carbons (Fsp3) is 0.583. The highest BCUT2D eigenvalue weighted by Gasteiger charge is 2.30. The van der Waals surface area contributed by atoms with E-state index in [1.54, 1.807) is 0 Å². The van der Waals surface area contributed by atoms with Crippen LogP contribution in [0.5, 0.6) is 0 Å². The number of hydrogen-bond acceptors (Lipinski definition) is 2. The molecule has 0 atom stereocenters. The maximum absolute atomic E-state index is 4.77. The monoisotopic (exact) mass is 188 g/mol. The van der Waals surface area contributed by atoms with E-state index in [1.165, 1.54) is 28.9 Å². The second kappa shape index (κ2) is 2.57. The third kappa shape index (κ3) is 1.17. The summed E-state index contributed by atoms with van der Waals surface area (Å²) in [4.78, 5) is 4.77. The van der Waals surface area contributed by atoms with Crippen molar-refractivity contribution >= 4 is 0 Å². The summed E-state index contributed by atoms with van der Waals surface area (Å²) in [6.45, 7) is 6.63. The Hall–Kier alpha value is -0.890. The van der Waals surface area contributed by atoms with Gasteiger partial charge in [-0.15, -0.1) is 0 Å². The first-order chi connectivity index (χ1) is 6.64. The second-order valence-corrected chi connectivity index (χ2v) is 5.32. The van der Waals surface area contributed by atoms with E-state index in [9.17, 15) is 0 Å². The molecule has 0 saturated heterocycles. The highest BCUT2D eigenvalue weighted by Crippen LogP contribution is 2.36. The minimum atomic E-state index is 0.428. The molecule has 0 amide bonds. The molecule has 74 valence electrons. The topological polar surface area (TPSA) is 24.9 Å². The lowest BCUT2D eigenvalue weighted by molar-refractivity contribution is 0.390. The van der Waals surface area contributed by atoms with Gasteiger partial charge in [0, 0.05) is 18.8 Å². The number of nitrogens with zero attached hydrogens (tertiary/aromatic N) is 1. The summed E-state index contributed by atoms with van der Waals surface area (Å²) in [5.74, 6) is 0. The quantitative estimate of drug-likeness (QED) is 0.671. The highest BCUT2D eigenvalue weighted by molar-refractivity contribution is 5.36. The molecule has 1 N–H and O–H groups in total. The third-order valence-electron chi connectivity index (χ3n) is 3.28. The van der Waals surface area contributed by atoms with Gasteiger partial charge in [-0.05, 0) is 29.4 Å². The van der Waals surface area contributed by atoms with Crippen molar-refractivity contribution in [3.8, 4) is 0 Å². The summed E-state index contributed by atoms with van der Waals surface area (Å²) in [5, 5.41) is 3.35. The molecule has 2 aliphatic rings. The van der Waals surface area contributed by atoms with Crippen LogP contribution in [0.25, 0.3) is 0 Å². The van der Waals surface area contributed by atoms with Gasteiger partial charge in [-0.1, -0.05) is 19.9 Å². The molecular weight excluding hydrogens is 172 g/mol. The lowest BCUT2D eigenvalue weighted by Crippen LogP contribution is -2.10. The summed E-state index contributed by atoms with van der Waals surface area (Å²) < 4.78 is 0. The molecule has 0 bridgehead atoms. The van der Waals surface area contributed by atoms with Gasteiger partial charge in [-0.25, -0.2) is 0 Å². The van der Waals surface area contributed by atoms with Gasteiger partial charge >= 0.3 is 0 Å². The molecule has 0 spiro atoms. The zero-order valence-electron chi connectivity index (χ0n) is 8.85. The molecule has 0 fully saturated rings. The van der Waals surface area contributed by atoms with Crippen LogP contribution < -0.4 is 5.32 Å². The summed E-state index contributed by atoms with van der Waals surface area (Å²) in [6, 6.07) is 2.37. The average molecular weight is 188 g/mol. The van der Waals surface area contributed by atoms with Crippen molar-refractivity contribution in [1.29, 1.82) is 0 Å². The Morgan fingerprint density at radius 3 is 2.86 bits per heavy atom. The minimum absolute atomic E-state index is 0.428. The van der Waals surface area contributed by atoms with Crippen LogP contribution in [0.15, 0.2) is 6.07 Å². The molecule has 0 saturated carbocycles. The van der Waals surface area contributed by atoms with Gasteiger partial charge in [0.25, 0.3) is 0 Å². The van der Waals surface area contributed by atoms with E-state index in [4.69, 9.17) is 4.98 Å². The molecule has 2 heterocycles. The summed E-state index contributed by atoms with van der Waals surface area (Å²) in [5.41, 5.74) is 5.95. The number of hydrogen-bond donors (Lipinski definition) is 1. The first-order valence-electron chi connectivity index (χ1n) is 5.35. The van der Waals surface area contributed by atoms with Gasteiger partial charge in [0.15, 0.2) is 0 Å². The number of aromatic nitrogens is 1. The zero-order valence-corrected chi connectivity index (χ0v) is 8.85. The lowest BCUT2D eigenvalue weighted by atomic mass is 9.90. The smallest absolute Gasteiger partial charge is 0.0590 e. The molecule has 0 radical (unpaired) electrons. The summed E-state index contributed by atoms with van der Waals surface area (Å²) in [6.07, 6.45) is 2.35. The van der Waals surface area contributed by atoms with Crippen LogP contribution in [0, 0.1) is 5.41 Å². The normalized spacial score (nSPS) is 22.1. The maximum Gasteiger partial charge on any atom is 0.0590 e. The maximum atomic E-state index is 4.77. The number of rotatable bonds is 0. The largest absolute Gasteiger partial charge is 0.307 e. The van der Waals surface area contributed by atoms with E-state index in [0.29, 0.717) is 5.41 Å². The fourth-order valence-corrected chi connectivity index (χ4v) is 2.64. The van der Waals surface area contributed by atoms with Crippen molar-refractivity contribution in [3.05, 3.63) is 28.6 Å². The lowest BCUT2D eigenvalue weighted by Gasteiger charge is -2.14. The first kappa shape index (κ1) is 8.42. The Morgan fingerprint density at radius 1 is 1.14 bits per heavy atom. The first-order valence-corrected chi connectivity index (χ1v) is 5.35. The van der Waals surface area contributed by atoms with Crippen molar-refractivity contribution in [3.63, 3.8) is 0 Å². The fourth-order valence-electron chi connectivity index (χ4n) is 2.64. The Kier molecular flexibility index (Phi) is 1.55. The van der Waals surface area contributed by atoms with Crippen LogP contribution in [0.4, 0.5) is 0 Å². The van der Waals surface area contributed by atoms with Crippen molar-refractivity contribution in [2.75, 3.05) is 0 Å². The van der Waals surface area contributed by atoms with E-state index < -0.39 is 0 Å². The molecular formula is C12H16N2. The standard InChI is InChI=1S/C12H16N2/c1-12(2)4-8-3-9-6-13-7-11(9)14-10(8)5-12/h3,13H,4-7H2,1-2H3. The Labute approximate surface area is 84.7 Å². The van der Waals surface area contributed by atoms with Gasteiger partial charge in [-0.2, -0.15) is 0 Å². The molecule has 14 heavy (non-hydrogen) atoms. The van der Waals surface area contributed by atoms with Crippen LogP contribution in [-0.2, 0) is 25.9 Å². The van der Waals surface area contributed by atoms with Gasteiger partial charge < -0.3 is 5.32 Å². The molecule has 1 aromatic rings. The van der Waals surface area contributed by atoms with Crippen molar-refractivity contribution in [2.24, 2.45) is 5.41 Å². The van der Waals surface area contributed by atoms with Crippen LogP contribution >= 0.6 is 0 Å². The Morgan fingerprint density at radius 2 is 2.00 bits per heavy atom. The van der Waals surface area contributed by atoms with Crippen LogP contribution in [0.3, 0.4) is 0 Å². The van der Waals surface area contributed by atoms with Crippen molar-refractivity contribution in [2.45, 2.75) is 39.8 Å². The van der Waals surface area contributed by atoms with Gasteiger partial charge in [0.1, 0.15) is 0 Å². The SMILES string of the molecule is CC1(C)Cc2cc3c(nc2C1)CNC3. The highest BCUT2D eigenvalue weighted by atomic mass is 14.9. The van der Waals surface area contributed by atoms with Crippen molar-refractivity contribution in [1.82, 2.24) is 10.3 Å². The molecule has 0 unspecified atom stereocenters. The van der Waals surface area contributed by atoms with E-state index >= 15 is 0 Å². The van der Waals surface area contributed by atoms with Crippen LogP contribution in [-0.4, -0.2) is 4.98 Å². The van der Waals surface area contributed by atoms with Crippen LogP contribution in [0.2, 0.25) is 0 Å². The van der Waals surface area contributed by atoms with Gasteiger partial charge in [-0.3, -0.25) is 4.98 Å². The predicted molar refractivity (Wildman–Crippen MR) is 56.0 cm³/mol. The zero-order chi connectivity index (χ0) is 9.76.